The normalized spacial score (nSPS) is 20.0. The Balaban J connectivity index is 1.41. The third kappa shape index (κ3) is 4.57. The fourth-order valence-electron chi connectivity index (χ4n) is 5.30. The van der Waals surface area contributed by atoms with E-state index in [9.17, 15) is 14.4 Å². The average Bonchev–Trinajstić information content (AvgIpc) is 3.69. The Labute approximate surface area is 208 Å². The molecule has 2 saturated carbocycles. The number of hydrogen-bond acceptors (Lipinski definition) is 6. The molecule has 2 fully saturated rings. The van der Waals surface area contributed by atoms with Crippen LogP contribution in [0.1, 0.15) is 44.1 Å². The molecule has 0 aromatic carbocycles. The summed E-state index contributed by atoms with van der Waals surface area (Å²) in [5.41, 5.74) is 1.51. The van der Waals surface area contributed by atoms with Crippen molar-refractivity contribution in [2.24, 2.45) is 13.0 Å². The number of hydrogen-bond donors (Lipinski definition) is 0. The van der Waals surface area contributed by atoms with E-state index in [1.807, 2.05) is 11.9 Å². The van der Waals surface area contributed by atoms with Gasteiger partial charge in [-0.1, -0.05) is 11.6 Å². The van der Waals surface area contributed by atoms with Crippen molar-refractivity contribution in [3.63, 3.8) is 0 Å². The van der Waals surface area contributed by atoms with Gasteiger partial charge in [0.05, 0.1) is 17.4 Å². The zero-order valence-corrected chi connectivity index (χ0v) is 20.7. The Morgan fingerprint density at radius 2 is 1.86 bits per heavy atom. The van der Waals surface area contributed by atoms with E-state index in [2.05, 4.69) is 20.9 Å². The van der Waals surface area contributed by atoms with Crippen molar-refractivity contribution in [3.8, 4) is 6.07 Å². The van der Waals surface area contributed by atoms with E-state index in [0.717, 1.165) is 38.0 Å². The van der Waals surface area contributed by atoms with Crippen LogP contribution in [0.5, 0.6) is 0 Å². The highest BCUT2D eigenvalue weighted by atomic mass is 35.5. The van der Waals surface area contributed by atoms with Gasteiger partial charge >= 0.3 is 0 Å². The lowest BCUT2D eigenvalue weighted by molar-refractivity contribution is 0.363. The summed E-state index contributed by atoms with van der Waals surface area (Å²) in [4.78, 5) is 26.2. The Bertz CT molecular complexity index is 1340. The number of aromatic nitrogens is 3. The highest BCUT2D eigenvalue weighted by Crippen LogP contribution is 2.37. The standard InChI is InChI=1S/C26H28ClFN6O/c1-32(25-20(13-29)26(35)33(2)21-10-11-22(27)31-24(21)25)18-6-8-19(9-7-18)34(15-16-3-4-16)23-12-5-17(28)14-30-23/h5,10-12,14,16,18-19H,3-4,6-9,15H2,1-2H3/t18-,19-. The van der Waals surface area contributed by atoms with Crippen LogP contribution in [0.15, 0.2) is 35.3 Å². The van der Waals surface area contributed by atoms with Crippen LogP contribution >= 0.6 is 11.6 Å². The number of halogens is 2. The van der Waals surface area contributed by atoms with E-state index >= 15 is 0 Å². The number of rotatable bonds is 6. The van der Waals surface area contributed by atoms with E-state index in [-0.39, 0.29) is 23.0 Å². The minimum Gasteiger partial charge on any atom is -0.369 e. The number of fused-ring (bicyclic) bond motifs is 1. The van der Waals surface area contributed by atoms with Crippen LogP contribution < -0.4 is 15.4 Å². The molecule has 182 valence electrons. The van der Waals surface area contributed by atoms with Crippen molar-refractivity contribution in [1.29, 1.82) is 5.26 Å². The predicted octanol–water partition coefficient (Wildman–Crippen LogP) is 4.66. The number of pyridine rings is 3. The molecule has 7 nitrogen and oxygen atoms in total. The number of aryl methyl sites for hydroxylation is 1. The molecule has 0 bridgehead atoms. The molecule has 2 aliphatic carbocycles. The minimum atomic E-state index is -0.336. The monoisotopic (exact) mass is 494 g/mol. The van der Waals surface area contributed by atoms with E-state index < -0.39 is 0 Å². The Kier molecular flexibility index (Phi) is 6.37. The first kappa shape index (κ1) is 23.6. The lowest BCUT2D eigenvalue weighted by Crippen LogP contribution is -2.45. The number of nitrogens with zero attached hydrogens (tertiary/aromatic N) is 6. The second-order valence-corrected chi connectivity index (χ2v) is 10.1. The zero-order chi connectivity index (χ0) is 24.7. The zero-order valence-electron chi connectivity index (χ0n) is 19.9. The van der Waals surface area contributed by atoms with E-state index in [4.69, 9.17) is 11.6 Å². The summed E-state index contributed by atoms with van der Waals surface area (Å²) in [6.45, 7) is 0.949. The predicted molar refractivity (Wildman–Crippen MR) is 135 cm³/mol. The first-order valence-electron chi connectivity index (χ1n) is 12.1. The smallest absolute Gasteiger partial charge is 0.270 e. The van der Waals surface area contributed by atoms with Crippen molar-refractivity contribution >= 4 is 34.1 Å². The Morgan fingerprint density at radius 1 is 1.14 bits per heavy atom. The summed E-state index contributed by atoms with van der Waals surface area (Å²) in [7, 11) is 3.58. The molecule has 0 aliphatic heterocycles. The molecule has 9 heteroatoms. The molecule has 0 unspecified atom stereocenters. The van der Waals surface area contributed by atoms with Gasteiger partial charge in [0.25, 0.3) is 5.56 Å². The molecule has 0 spiro atoms. The van der Waals surface area contributed by atoms with E-state index in [1.165, 1.54) is 29.7 Å². The lowest BCUT2D eigenvalue weighted by Gasteiger charge is -2.41. The van der Waals surface area contributed by atoms with Crippen LogP contribution in [0.25, 0.3) is 11.0 Å². The van der Waals surface area contributed by atoms with Crippen molar-refractivity contribution < 1.29 is 4.39 Å². The van der Waals surface area contributed by atoms with E-state index in [0.29, 0.717) is 33.8 Å². The van der Waals surface area contributed by atoms with Gasteiger partial charge in [-0.15, -0.1) is 0 Å². The van der Waals surface area contributed by atoms with Crippen LogP contribution in [-0.2, 0) is 7.05 Å². The highest BCUT2D eigenvalue weighted by molar-refractivity contribution is 6.29. The molecule has 0 radical (unpaired) electrons. The fourth-order valence-corrected chi connectivity index (χ4v) is 5.45. The number of anilines is 2. The van der Waals surface area contributed by atoms with Gasteiger partial charge < -0.3 is 14.4 Å². The molecule has 2 aliphatic rings. The van der Waals surface area contributed by atoms with Gasteiger partial charge in [-0.25, -0.2) is 14.4 Å². The van der Waals surface area contributed by atoms with Crippen LogP contribution in [0.3, 0.4) is 0 Å². The molecule has 35 heavy (non-hydrogen) atoms. The topological polar surface area (TPSA) is 78.0 Å². The van der Waals surface area contributed by atoms with Crippen molar-refractivity contribution in [1.82, 2.24) is 14.5 Å². The first-order chi connectivity index (χ1) is 16.9. The Hall–Kier alpha value is -3.18. The second kappa shape index (κ2) is 9.46. The van der Waals surface area contributed by atoms with Gasteiger partial charge in [-0.2, -0.15) is 5.26 Å². The van der Waals surface area contributed by atoms with Gasteiger partial charge in [0.2, 0.25) is 0 Å². The lowest BCUT2D eigenvalue weighted by atomic mass is 9.88. The fraction of sp³-hybridized carbons (Fsp3) is 0.462. The summed E-state index contributed by atoms with van der Waals surface area (Å²) < 4.78 is 14.9. The molecule has 5 rings (SSSR count). The van der Waals surface area contributed by atoms with Gasteiger partial charge in [0.15, 0.2) is 0 Å². The third-order valence-electron chi connectivity index (χ3n) is 7.46. The van der Waals surface area contributed by atoms with E-state index in [1.54, 1.807) is 25.2 Å². The van der Waals surface area contributed by atoms with Crippen LogP contribution in [0.4, 0.5) is 15.9 Å². The molecule has 3 heterocycles. The van der Waals surface area contributed by atoms with Gasteiger partial charge in [0, 0.05) is 32.7 Å². The molecule has 3 aromatic heterocycles. The molecule has 0 saturated heterocycles. The largest absolute Gasteiger partial charge is 0.369 e. The van der Waals surface area contributed by atoms with Gasteiger partial charge in [-0.05, 0) is 68.7 Å². The maximum absolute atomic E-state index is 13.5. The molecule has 3 aromatic rings. The summed E-state index contributed by atoms with van der Waals surface area (Å²) >= 11 is 6.20. The summed E-state index contributed by atoms with van der Waals surface area (Å²) in [5, 5.41) is 10.2. The van der Waals surface area contributed by atoms with Crippen molar-refractivity contribution in [2.45, 2.75) is 50.6 Å². The summed E-state index contributed by atoms with van der Waals surface area (Å²) in [5.74, 6) is 1.19. The third-order valence-corrected chi connectivity index (χ3v) is 7.67. The SMILES string of the molecule is Cn1c(=O)c(C#N)c(N(C)[C@H]2CC[C@H](N(CC3CC3)c3ccc(F)cn3)CC2)c2nc(Cl)ccc21. The van der Waals surface area contributed by atoms with Gasteiger partial charge in [0.1, 0.15) is 33.9 Å². The Morgan fingerprint density at radius 3 is 2.49 bits per heavy atom. The maximum atomic E-state index is 13.5. The second-order valence-electron chi connectivity index (χ2n) is 9.70. The minimum absolute atomic E-state index is 0.0882. The van der Waals surface area contributed by atoms with Crippen LogP contribution in [0.2, 0.25) is 5.15 Å². The highest BCUT2D eigenvalue weighted by Gasteiger charge is 2.34. The molecular weight excluding hydrogens is 467 g/mol. The van der Waals surface area contributed by atoms with Crippen LogP contribution in [-0.4, -0.2) is 40.2 Å². The molecule has 0 atom stereocenters. The first-order valence-corrected chi connectivity index (χ1v) is 12.5. The van der Waals surface area contributed by atoms with Crippen molar-refractivity contribution in [2.75, 3.05) is 23.4 Å². The molecular formula is C26H28ClFN6O. The van der Waals surface area contributed by atoms with Crippen molar-refractivity contribution in [3.05, 3.63) is 57.3 Å². The molecule has 0 amide bonds. The average molecular weight is 495 g/mol. The van der Waals surface area contributed by atoms with Crippen LogP contribution in [0, 0.1) is 23.1 Å². The summed E-state index contributed by atoms with van der Waals surface area (Å²) in [6.07, 6.45) is 7.43. The van der Waals surface area contributed by atoms with Gasteiger partial charge in [-0.3, -0.25) is 4.79 Å². The quantitative estimate of drug-likeness (QED) is 0.464. The molecule has 0 N–H and O–H groups in total. The maximum Gasteiger partial charge on any atom is 0.270 e. The number of nitriles is 1. The summed E-state index contributed by atoms with van der Waals surface area (Å²) in [6, 6.07) is 9.26.